The number of rotatable bonds is 2. The summed E-state index contributed by atoms with van der Waals surface area (Å²) in [6.07, 6.45) is 0. The minimum Gasteiger partial charge on any atom is -0.389 e. The second-order valence-electron chi connectivity index (χ2n) is 4.48. The molecule has 0 aliphatic rings. The van der Waals surface area contributed by atoms with Crippen LogP contribution >= 0.6 is 11.6 Å². The van der Waals surface area contributed by atoms with E-state index in [4.69, 9.17) is 16.0 Å². The van der Waals surface area contributed by atoms with Crippen molar-refractivity contribution in [3.05, 3.63) is 80.2 Å². The van der Waals surface area contributed by atoms with Crippen LogP contribution in [0.3, 0.4) is 0 Å². The molecule has 1 aromatic heterocycles. The van der Waals surface area contributed by atoms with Gasteiger partial charge in [0.2, 0.25) is 5.89 Å². The van der Waals surface area contributed by atoms with Gasteiger partial charge in [0.1, 0.15) is 17.2 Å². The average molecular weight is 337 g/mol. The van der Waals surface area contributed by atoms with Crippen molar-refractivity contribution in [3.8, 4) is 17.1 Å². The van der Waals surface area contributed by atoms with Gasteiger partial charge in [-0.25, -0.2) is 18.4 Å². The van der Waals surface area contributed by atoms with Crippen molar-refractivity contribution in [2.75, 3.05) is 0 Å². The smallest absolute Gasteiger partial charge is 0.389 e. The quantitative estimate of drug-likeness (QED) is 0.722. The summed E-state index contributed by atoms with van der Waals surface area (Å²) < 4.78 is 32.8. The molecule has 0 saturated heterocycles. The molecule has 2 aromatic carbocycles. The summed E-state index contributed by atoms with van der Waals surface area (Å²) in [5.41, 5.74) is -1.53. The molecule has 1 heterocycles. The third-order valence-electron chi connectivity index (χ3n) is 3.02. The molecule has 3 aromatic rings. The molecule has 0 radical (unpaired) electrons. The fourth-order valence-electron chi connectivity index (χ4n) is 1.98. The highest BCUT2D eigenvalue weighted by molar-refractivity contribution is 6.30. The van der Waals surface area contributed by atoms with Gasteiger partial charge in [0.25, 0.3) is 0 Å². The lowest BCUT2D eigenvalue weighted by Crippen LogP contribution is -2.33. The number of hydrogen-bond acceptors (Lipinski definition) is 4. The number of hydrogen-bond donors (Lipinski definition) is 0. The lowest BCUT2D eigenvalue weighted by Gasteiger charge is -2.05. The van der Waals surface area contributed by atoms with E-state index in [9.17, 15) is 18.4 Å². The Kier molecular flexibility index (Phi) is 3.79. The Balaban J connectivity index is 2.21. The summed E-state index contributed by atoms with van der Waals surface area (Å²) in [6.45, 7) is 0. The van der Waals surface area contributed by atoms with Crippen LogP contribution < -0.4 is 11.4 Å². The second-order valence-corrected chi connectivity index (χ2v) is 4.91. The molecule has 5 nitrogen and oxygen atoms in total. The van der Waals surface area contributed by atoms with Crippen LogP contribution in [0.5, 0.6) is 0 Å². The molecule has 0 bridgehead atoms. The average Bonchev–Trinajstić information content (AvgIpc) is 2.48. The van der Waals surface area contributed by atoms with Crippen molar-refractivity contribution >= 4 is 11.6 Å². The van der Waals surface area contributed by atoms with Crippen molar-refractivity contribution < 1.29 is 13.2 Å². The van der Waals surface area contributed by atoms with E-state index < -0.39 is 34.5 Å². The molecule has 8 heteroatoms. The topological polar surface area (TPSA) is 65.1 Å². The normalized spacial score (nSPS) is 10.7. The van der Waals surface area contributed by atoms with E-state index in [2.05, 4.69) is 4.98 Å². The molecule has 116 valence electrons. The van der Waals surface area contributed by atoms with Crippen LogP contribution in [0, 0.1) is 11.6 Å². The molecule has 0 saturated carbocycles. The predicted molar refractivity (Wildman–Crippen MR) is 78.7 cm³/mol. The molecule has 0 unspecified atom stereocenters. The number of aromatic nitrogens is 2. The van der Waals surface area contributed by atoms with Crippen LogP contribution in [-0.4, -0.2) is 9.55 Å². The Bertz CT molecular complexity index is 945. The van der Waals surface area contributed by atoms with E-state index in [0.717, 1.165) is 18.2 Å². The van der Waals surface area contributed by atoms with Gasteiger partial charge in [-0.05, 0) is 36.4 Å². The van der Waals surface area contributed by atoms with Gasteiger partial charge in [0.05, 0.1) is 5.69 Å². The lowest BCUT2D eigenvalue weighted by atomic mass is 10.2. The van der Waals surface area contributed by atoms with Crippen molar-refractivity contribution in [2.24, 2.45) is 0 Å². The third kappa shape index (κ3) is 2.78. The minimum atomic E-state index is -1.12. The van der Waals surface area contributed by atoms with Crippen LogP contribution in [0.4, 0.5) is 8.78 Å². The maximum absolute atomic E-state index is 13.7. The van der Waals surface area contributed by atoms with Crippen molar-refractivity contribution in [2.45, 2.75) is 0 Å². The fourth-order valence-corrected chi connectivity index (χ4v) is 2.11. The van der Waals surface area contributed by atoms with Gasteiger partial charge < -0.3 is 4.42 Å². The third-order valence-corrected chi connectivity index (χ3v) is 3.27. The molecule has 0 aliphatic heterocycles. The molecule has 0 atom stereocenters. The Hall–Kier alpha value is -2.80. The van der Waals surface area contributed by atoms with Crippen LogP contribution in [0.25, 0.3) is 17.1 Å². The first-order valence-electron chi connectivity index (χ1n) is 6.32. The SMILES string of the molecule is O=c1nc(-c2c(F)cccc2F)oc(=O)n1-c1ccc(Cl)cc1. The molecule has 0 fully saturated rings. The predicted octanol–water partition coefficient (Wildman–Crippen LogP) is 2.78. The number of benzene rings is 2. The first-order valence-corrected chi connectivity index (χ1v) is 6.69. The van der Waals surface area contributed by atoms with Crippen molar-refractivity contribution in [1.82, 2.24) is 9.55 Å². The molecule has 0 N–H and O–H groups in total. The van der Waals surface area contributed by atoms with Gasteiger partial charge in [-0.2, -0.15) is 9.55 Å². The molecule has 3 rings (SSSR count). The van der Waals surface area contributed by atoms with E-state index >= 15 is 0 Å². The summed E-state index contributed by atoms with van der Waals surface area (Å²) in [5, 5.41) is 0.407. The first kappa shape index (κ1) is 15.1. The number of nitrogens with zero attached hydrogens (tertiary/aromatic N) is 2. The summed E-state index contributed by atoms with van der Waals surface area (Å²) in [4.78, 5) is 27.5. The van der Waals surface area contributed by atoms with E-state index in [-0.39, 0.29) is 5.69 Å². The first-order chi connectivity index (χ1) is 11.0. The molecule has 0 amide bonds. The minimum absolute atomic E-state index is 0.168. The lowest BCUT2D eigenvalue weighted by molar-refractivity contribution is 0.440. The van der Waals surface area contributed by atoms with Gasteiger partial charge >= 0.3 is 11.4 Å². The van der Waals surface area contributed by atoms with Gasteiger partial charge in [-0.15, -0.1) is 0 Å². The van der Waals surface area contributed by atoms with Gasteiger partial charge in [-0.3, -0.25) is 0 Å². The van der Waals surface area contributed by atoms with Gasteiger partial charge in [0, 0.05) is 5.02 Å². The zero-order chi connectivity index (χ0) is 16.6. The van der Waals surface area contributed by atoms with Crippen LogP contribution in [0.1, 0.15) is 0 Å². The maximum Gasteiger partial charge on any atom is 0.429 e. The Morgan fingerprint density at radius 3 is 2.17 bits per heavy atom. The highest BCUT2D eigenvalue weighted by atomic mass is 35.5. The van der Waals surface area contributed by atoms with E-state index in [0.29, 0.717) is 9.59 Å². The van der Waals surface area contributed by atoms with Crippen LogP contribution in [0.15, 0.2) is 56.5 Å². The fraction of sp³-hybridized carbons (Fsp3) is 0. The molecular formula is C15H7ClF2N2O3. The monoisotopic (exact) mass is 336 g/mol. The zero-order valence-electron chi connectivity index (χ0n) is 11.3. The van der Waals surface area contributed by atoms with Crippen LogP contribution in [-0.2, 0) is 0 Å². The molecular weight excluding hydrogens is 330 g/mol. The Morgan fingerprint density at radius 1 is 1.00 bits per heavy atom. The standard InChI is InChI=1S/C15H7ClF2N2O3/c16-8-4-6-9(7-5-8)20-14(21)19-13(23-15(20)22)12-10(17)2-1-3-11(12)18/h1-7H. The molecule has 0 aliphatic carbocycles. The highest BCUT2D eigenvalue weighted by Crippen LogP contribution is 2.22. The Morgan fingerprint density at radius 2 is 1.61 bits per heavy atom. The summed E-state index contributed by atoms with van der Waals surface area (Å²) in [7, 11) is 0. The van der Waals surface area contributed by atoms with E-state index in [1.54, 1.807) is 0 Å². The molecule has 23 heavy (non-hydrogen) atoms. The van der Waals surface area contributed by atoms with Crippen molar-refractivity contribution in [3.63, 3.8) is 0 Å². The van der Waals surface area contributed by atoms with E-state index in [1.165, 1.54) is 24.3 Å². The summed E-state index contributed by atoms with van der Waals surface area (Å²) in [5.74, 6) is -3.83. The number of halogens is 3. The summed E-state index contributed by atoms with van der Waals surface area (Å²) >= 11 is 5.73. The summed E-state index contributed by atoms with van der Waals surface area (Å²) in [6, 6.07) is 8.81. The zero-order valence-corrected chi connectivity index (χ0v) is 12.1. The van der Waals surface area contributed by atoms with Crippen LogP contribution in [0.2, 0.25) is 5.02 Å². The molecule has 0 spiro atoms. The highest BCUT2D eigenvalue weighted by Gasteiger charge is 2.18. The largest absolute Gasteiger partial charge is 0.429 e. The van der Waals surface area contributed by atoms with Crippen molar-refractivity contribution in [1.29, 1.82) is 0 Å². The maximum atomic E-state index is 13.7. The second kappa shape index (κ2) is 5.77. The van der Waals surface area contributed by atoms with E-state index in [1.807, 2.05) is 0 Å². The van der Waals surface area contributed by atoms with Gasteiger partial charge in [-0.1, -0.05) is 17.7 Å². The Labute approximate surface area is 132 Å². The van der Waals surface area contributed by atoms with Gasteiger partial charge in [0.15, 0.2) is 0 Å².